The molecule has 3 aromatic carbocycles. The number of ether oxygens (including phenoxy) is 4. The molecule has 1 atom stereocenters. The minimum Gasteiger partial charge on any atom is -0.490 e. The van der Waals surface area contributed by atoms with E-state index in [0.29, 0.717) is 37.0 Å². The topological polar surface area (TPSA) is 78.1 Å². The smallest absolute Gasteiger partial charge is 0.243 e. The zero-order chi connectivity index (χ0) is 23.4. The highest BCUT2D eigenvalue weighted by molar-refractivity contribution is 5.94. The van der Waals surface area contributed by atoms with E-state index in [1.807, 2.05) is 72.8 Å². The maximum atomic E-state index is 12.5. The highest BCUT2D eigenvalue weighted by atomic mass is 16.5. The summed E-state index contributed by atoms with van der Waals surface area (Å²) in [6.45, 7) is 2.24. The minimum absolute atomic E-state index is 0.107. The number of nitrogens with one attached hydrogen (secondary N) is 2. The number of carbonyl (C=O) groups is 1. The fourth-order valence-corrected chi connectivity index (χ4v) is 3.58. The molecule has 7 heteroatoms. The van der Waals surface area contributed by atoms with E-state index in [2.05, 4.69) is 10.6 Å². The molecule has 0 saturated carbocycles. The van der Waals surface area contributed by atoms with Gasteiger partial charge in [0.05, 0.1) is 18.3 Å². The Morgan fingerprint density at radius 2 is 1.65 bits per heavy atom. The average molecular weight is 463 g/mol. The van der Waals surface area contributed by atoms with Gasteiger partial charge in [0.15, 0.2) is 0 Å². The number of carbonyl (C=O) groups excluding carboxylic acids is 1. The molecule has 0 spiro atoms. The van der Waals surface area contributed by atoms with Crippen molar-refractivity contribution in [2.24, 2.45) is 0 Å². The van der Waals surface area contributed by atoms with E-state index in [4.69, 9.17) is 18.9 Å². The summed E-state index contributed by atoms with van der Waals surface area (Å²) < 4.78 is 22.9. The predicted octanol–water partition coefficient (Wildman–Crippen LogP) is 4.75. The van der Waals surface area contributed by atoms with Crippen molar-refractivity contribution in [1.29, 1.82) is 0 Å². The molecule has 34 heavy (non-hydrogen) atoms. The van der Waals surface area contributed by atoms with Gasteiger partial charge < -0.3 is 29.6 Å². The normalized spacial score (nSPS) is 14.9. The first-order valence-electron chi connectivity index (χ1n) is 11.5. The first-order valence-corrected chi connectivity index (χ1v) is 11.5. The number of hydrogen-bond acceptors (Lipinski definition) is 6. The van der Waals surface area contributed by atoms with Gasteiger partial charge in [0.2, 0.25) is 5.91 Å². The Bertz CT molecular complexity index is 1040. The van der Waals surface area contributed by atoms with E-state index in [-0.39, 0.29) is 18.6 Å². The van der Waals surface area contributed by atoms with Crippen molar-refractivity contribution >= 4 is 17.3 Å². The fourth-order valence-electron chi connectivity index (χ4n) is 3.58. The van der Waals surface area contributed by atoms with Gasteiger partial charge in [-0.15, -0.1) is 0 Å². The highest BCUT2D eigenvalue weighted by Crippen LogP contribution is 2.25. The number of amides is 1. The quantitative estimate of drug-likeness (QED) is 0.378. The zero-order valence-electron chi connectivity index (χ0n) is 19.1. The lowest BCUT2D eigenvalue weighted by molar-refractivity contribution is -0.114. The minimum atomic E-state index is -0.168. The van der Waals surface area contributed by atoms with E-state index in [0.717, 1.165) is 30.9 Å². The Hall–Kier alpha value is -3.71. The van der Waals surface area contributed by atoms with Crippen LogP contribution in [0.1, 0.15) is 12.8 Å². The van der Waals surface area contributed by atoms with Crippen LogP contribution in [0.25, 0.3) is 0 Å². The van der Waals surface area contributed by atoms with Gasteiger partial charge in [-0.3, -0.25) is 4.79 Å². The maximum absolute atomic E-state index is 12.5. The first-order chi connectivity index (χ1) is 16.8. The lowest BCUT2D eigenvalue weighted by atomic mass is 10.2. The summed E-state index contributed by atoms with van der Waals surface area (Å²) in [5.41, 5.74) is 1.43. The molecular weight excluding hydrogens is 432 g/mol. The molecule has 1 aliphatic heterocycles. The first kappa shape index (κ1) is 23.4. The molecule has 4 rings (SSSR count). The molecule has 178 valence electrons. The van der Waals surface area contributed by atoms with Crippen molar-refractivity contribution in [3.8, 4) is 17.2 Å². The van der Waals surface area contributed by atoms with Crippen LogP contribution in [0.4, 0.5) is 11.4 Å². The van der Waals surface area contributed by atoms with Crippen molar-refractivity contribution in [1.82, 2.24) is 0 Å². The molecule has 0 aromatic heterocycles. The van der Waals surface area contributed by atoms with E-state index in [1.165, 1.54) is 0 Å². The van der Waals surface area contributed by atoms with E-state index >= 15 is 0 Å². The average Bonchev–Trinajstić information content (AvgIpc) is 3.39. The van der Waals surface area contributed by atoms with Crippen molar-refractivity contribution in [3.05, 3.63) is 78.9 Å². The van der Waals surface area contributed by atoms with Crippen LogP contribution in [0.15, 0.2) is 78.9 Å². The number of anilines is 2. The molecule has 0 bridgehead atoms. The molecule has 3 aromatic rings. The number of benzene rings is 3. The van der Waals surface area contributed by atoms with Crippen molar-refractivity contribution in [2.75, 3.05) is 43.6 Å². The second-order valence-corrected chi connectivity index (χ2v) is 7.88. The Balaban J connectivity index is 1.21. The van der Waals surface area contributed by atoms with Crippen LogP contribution in [0.5, 0.6) is 17.2 Å². The van der Waals surface area contributed by atoms with Crippen molar-refractivity contribution in [3.63, 3.8) is 0 Å². The van der Waals surface area contributed by atoms with Gasteiger partial charge in [0.25, 0.3) is 0 Å². The molecule has 1 heterocycles. The number of para-hydroxylation sites is 3. The summed E-state index contributed by atoms with van der Waals surface area (Å²) in [5.74, 6) is 2.01. The SMILES string of the molecule is O=C(CNc1ccccc1OCC1CCCO1)Nc1cccc(OCCOc2ccccc2)c1. The van der Waals surface area contributed by atoms with Crippen LogP contribution in [-0.2, 0) is 9.53 Å². The van der Waals surface area contributed by atoms with Crippen molar-refractivity contribution in [2.45, 2.75) is 18.9 Å². The third-order valence-electron chi connectivity index (χ3n) is 5.26. The Labute approximate surface area is 200 Å². The van der Waals surface area contributed by atoms with Gasteiger partial charge in [0.1, 0.15) is 37.1 Å². The largest absolute Gasteiger partial charge is 0.490 e. The Morgan fingerprint density at radius 3 is 2.47 bits per heavy atom. The monoisotopic (exact) mass is 462 g/mol. The molecule has 7 nitrogen and oxygen atoms in total. The number of rotatable bonds is 12. The van der Waals surface area contributed by atoms with Crippen LogP contribution < -0.4 is 24.8 Å². The number of hydrogen-bond donors (Lipinski definition) is 2. The molecule has 1 aliphatic rings. The summed E-state index contributed by atoms with van der Waals surface area (Å²) in [6, 6.07) is 24.5. The highest BCUT2D eigenvalue weighted by Gasteiger charge is 2.17. The summed E-state index contributed by atoms with van der Waals surface area (Å²) >= 11 is 0. The molecular formula is C27H30N2O5. The molecule has 0 aliphatic carbocycles. The molecule has 0 radical (unpaired) electrons. The van der Waals surface area contributed by atoms with E-state index < -0.39 is 0 Å². The van der Waals surface area contributed by atoms with Gasteiger partial charge in [-0.2, -0.15) is 0 Å². The van der Waals surface area contributed by atoms with Crippen LogP contribution in [-0.4, -0.2) is 45.0 Å². The summed E-state index contributed by atoms with van der Waals surface area (Å²) in [4.78, 5) is 12.5. The van der Waals surface area contributed by atoms with Crippen LogP contribution in [0.3, 0.4) is 0 Å². The molecule has 2 N–H and O–H groups in total. The van der Waals surface area contributed by atoms with Crippen molar-refractivity contribution < 1.29 is 23.7 Å². The summed E-state index contributed by atoms with van der Waals surface area (Å²) in [7, 11) is 0. The van der Waals surface area contributed by atoms with Crippen LogP contribution in [0.2, 0.25) is 0 Å². The standard InChI is InChI=1S/C27H30N2O5/c30-27(19-28-25-13-4-5-14-26(25)34-20-24-12-7-15-31-24)29-21-8-6-11-23(18-21)33-17-16-32-22-9-2-1-3-10-22/h1-6,8-11,13-14,18,24,28H,7,12,15-17,19-20H2,(H,29,30). The molecule has 1 amide bonds. The van der Waals surface area contributed by atoms with E-state index in [1.54, 1.807) is 6.07 Å². The Morgan fingerprint density at radius 1 is 0.882 bits per heavy atom. The van der Waals surface area contributed by atoms with E-state index in [9.17, 15) is 4.79 Å². The van der Waals surface area contributed by atoms with Gasteiger partial charge in [-0.25, -0.2) is 0 Å². The molecule has 1 fully saturated rings. The second-order valence-electron chi connectivity index (χ2n) is 7.88. The third-order valence-corrected chi connectivity index (χ3v) is 5.26. The molecule has 1 unspecified atom stereocenters. The predicted molar refractivity (Wildman–Crippen MR) is 132 cm³/mol. The fraction of sp³-hybridized carbons (Fsp3) is 0.296. The van der Waals surface area contributed by atoms with Crippen LogP contribution in [0, 0.1) is 0 Å². The maximum Gasteiger partial charge on any atom is 0.243 e. The summed E-state index contributed by atoms with van der Waals surface area (Å²) in [5, 5.41) is 6.05. The van der Waals surface area contributed by atoms with Gasteiger partial charge in [-0.1, -0.05) is 36.4 Å². The lowest BCUT2D eigenvalue weighted by Crippen LogP contribution is -2.22. The van der Waals surface area contributed by atoms with Gasteiger partial charge in [0, 0.05) is 18.4 Å². The zero-order valence-corrected chi connectivity index (χ0v) is 19.1. The molecule has 1 saturated heterocycles. The lowest BCUT2D eigenvalue weighted by Gasteiger charge is -2.15. The third kappa shape index (κ3) is 7.42. The summed E-state index contributed by atoms with van der Waals surface area (Å²) in [6.07, 6.45) is 2.22. The van der Waals surface area contributed by atoms with Gasteiger partial charge in [-0.05, 0) is 49.2 Å². The van der Waals surface area contributed by atoms with Gasteiger partial charge >= 0.3 is 0 Å². The second kappa shape index (κ2) is 12.5. The van der Waals surface area contributed by atoms with Crippen LogP contribution >= 0.6 is 0 Å². The Kier molecular flexibility index (Phi) is 8.63.